The number of carboxylic acids is 2. The number of thioether (sulfide) groups is 1. The number of nitrogens with one attached hydrogen (secondary N) is 3. The summed E-state index contributed by atoms with van der Waals surface area (Å²) in [6.07, 6.45) is 10.4. The van der Waals surface area contributed by atoms with E-state index in [2.05, 4.69) is 27.3 Å². The molecule has 1 aliphatic rings. The quantitative estimate of drug-likeness (QED) is 0.0339. The smallest absolute Gasteiger partial charge is 0.481 e. The number of hydrogen-bond donors (Lipinski definition) is 5. The first-order valence-electron chi connectivity index (χ1n) is 18.5. The molecule has 0 saturated carbocycles. The van der Waals surface area contributed by atoms with Gasteiger partial charge in [-0.3, -0.25) is 24.6 Å². The molecule has 54 heavy (non-hydrogen) atoms. The van der Waals surface area contributed by atoms with Crippen molar-refractivity contribution in [1.82, 2.24) is 15.5 Å². The van der Waals surface area contributed by atoms with Crippen LogP contribution in [0.4, 0.5) is 13.2 Å². The molecule has 2 rings (SSSR count). The van der Waals surface area contributed by atoms with Crippen LogP contribution in [0.15, 0.2) is 29.3 Å². The number of halogens is 3. The maximum absolute atomic E-state index is 13.2. The molecule has 0 bridgehead atoms. The number of aliphatic imine (C=N–C) groups is 1. The molecule has 1 aromatic rings. The topological polar surface area (TPSA) is 199 Å². The average Bonchev–Trinajstić information content (AvgIpc) is 3.43. The summed E-state index contributed by atoms with van der Waals surface area (Å²) in [5.74, 6) is -4.54. The van der Waals surface area contributed by atoms with E-state index in [0.717, 1.165) is 19.3 Å². The molecule has 304 valence electrons. The SMILES string of the molecule is CCCCCCCCCCCCCCN1C(=NC(=O)c2ccc(C(=N)NCCCC(=O)OC)cc2)SC(C(=O)NCCC(=O)O)C1C.O=C(O)C(F)(F)F. The molecular weight excluding hydrogens is 731 g/mol. The van der Waals surface area contributed by atoms with Crippen LogP contribution in [-0.2, 0) is 23.9 Å². The molecule has 5 N–H and O–H groups in total. The Labute approximate surface area is 319 Å². The number of methoxy groups -OCH3 is 1. The number of amidine groups is 2. The van der Waals surface area contributed by atoms with Gasteiger partial charge < -0.3 is 30.5 Å². The van der Waals surface area contributed by atoms with Crippen molar-refractivity contribution >= 4 is 52.5 Å². The molecule has 0 spiro atoms. The number of aliphatic carboxylic acids is 2. The van der Waals surface area contributed by atoms with Crippen molar-refractivity contribution in [3.05, 3.63) is 35.4 Å². The number of esters is 1. The van der Waals surface area contributed by atoms with Crippen LogP contribution in [0.5, 0.6) is 0 Å². The fourth-order valence-electron chi connectivity index (χ4n) is 5.38. The maximum Gasteiger partial charge on any atom is 0.490 e. The van der Waals surface area contributed by atoms with Gasteiger partial charge in [0.1, 0.15) is 11.1 Å². The Morgan fingerprint density at radius 2 is 1.35 bits per heavy atom. The van der Waals surface area contributed by atoms with E-state index in [1.165, 1.54) is 76.7 Å². The summed E-state index contributed by atoms with van der Waals surface area (Å²) in [7, 11) is 1.34. The highest BCUT2D eigenvalue weighted by atomic mass is 32.2. The van der Waals surface area contributed by atoms with E-state index in [0.29, 0.717) is 35.8 Å². The molecule has 1 aromatic carbocycles. The van der Waals surface area contributed by atoms with E-state index >= 15 is 0 Å². The van der Waals surface area contributed by atoms with E-state index in [-0.39, 0.29) is 43.1 Å². The van der Waals surface area contributed by atoms with Crippen LogP contribution in [0, 0.1) is 5.41 Å². The third kappa shape index (κ3) is 19.8. The molecule has 1 heterocycles. The van der Waals surface area contributed by atoms with E-state index in [1.807, 2.05) is 11.8 Å². The fourth-order valence-corrected chi connectivity index (χ4v) is 6.67. The molecule has 1 fully saturated rings. The summed E-state index contributed by atoms with van der Waals surface area (Å²) in [5, 5.41) is 30.0. The van der Waals surface area contributed by atoms with Gasteiger partial charge in [0.05, 0.1) is 13.5 Å². The lowest BCUT2D eigenvalue weighted by Crippen LogP contribution is -2.43. The second-order valence-electron chi connectivity index (χ2n) is 12.9. The highest BCUT2D eigenvalue weighted by Crippen LogP contribution is 2.33. The summed E-state index contributed by atoms with van der Waals surface area (Å²) >= 11 is 1.24. The Balaban J connectivity index is 0.00000189. The maximum atomic E-state index is 13.2. The number of carbonyl (C=O) groups is 5. The highest BCUT2D eigenvalue weighted by Gasteiger charge is 2.41. The van der Waals surface area contributed by atoms with E-state index < -0.39 is 29.3 Å². The van der Waals surface area contributed by atoms with E-state index in [4.69, 9.17) is 20.4 Å². The number of alkyl halides is 3. The fraction of sp³-hybridized carbons (Fsp3) is 0.649. The first-order chi connectivity index (χ1) is 25.6. The summed E-state index contributed by atoms with van der Waals surface area (Å²) in [4.78, 5) is 63.7. The third-order valence-electron chi connectivity index (χ3n) is 8.50. The van der Waals surface area contributed by atoms with Gasteiger partial charge in [0.15, 0.2) is 5.17 Å². The number of carboxylic acid groups (broad SMARTS) is 2. The molecule has 13 nitrogen and oxygen atoms in total. The lowest BCUT2D eigenvalue weighted by atomic mass is 10.1. The third-order valence-corrected chi connectivity index (χ3v) is 9.90. The average molecular weight is 788 g/mol. The standard InChI is InChI=1S/C35H55N5O6S.C2HF3O2/c1-4-5-6-7-8-9-10-11-12-13-14-15-25-40-26(2)31(34(45)38-24-22-29(41)42)47-35(40)39-33(44)28-20-18-27(19-21-28)32(36)37-23-16-17-30(43)46-3;3-2(4,5)1(6)7/h18-21,26,31H,4-17,22-25H2,1-3H3,(H2,36,37)(H,38,45)(H,41,42);(H,6,7). The Morgan fingerprint density at radius 1 is 0.833 bits per heavy atom. The number of nitrogens with zero attached hydrogens (tertiary/aromatic N) is 2. The van der Waals surface area contributed by atoms with Crippen molar-refractivity contribution in [2.45, 2.75) is 128 Å². The van der Waals surface area contributed by atoms with Gasteiger partial charge in [0, 0.05) is 43.2 Å². The number of ether oxygens (including phenoxy) is 1. The Bertz CT molecular complexity index is 1380. The van der Waals surface area contributed by atoms with Crippen molar-refractivity contribution < 1.29 is 52.1 Å². The zero-order valence-corrected chi connectivity index (χ0v) is 32.3. The van der Waals surface area contributed by atoms with Gasteiger partial charge in [-0.2, -0.15) is 18.2 Å². The van der Waals surface area contributed by atoms with Gasteiger partial charge in [-0.15, -0.1) is 0 Å². The first-order valence-corrected chi connectivity index (χ1v) is 19.4. The lowest BCUT2D eigenvalue weighted by molar-refractivity contribution is -0.192. The predicted molar refractivity (Wildman–Crippen MR) is 202 cm³/mol. The van der Waals surface area contributed by atoms with Crippen molar-refractivity contribution in [1.29, 1.82) is 5.41 Å². The van der Waals surface area contributed by atoms with Crippen LogP contribution in [0.1, 0.15) is 126 Å². The van der Waals surface area contributed by atoms with Crippen LogP contribution in [0.2, 0.25) is 0 Å². The number of unbranched alkanes of at least 4 members (excludes halogenated alkanes) is 11. The zero-order chi connectivity index (χ0) is 40.5. The molecule has 1 aliphatic heterocycles. The summed E-state index contributed by atoms with van der Waals surface area (Å²) in [5.41, 5.74) is 0.968. The minimum Gasteiger partial charge on any atom is -0.481 e. The highest BCUT2D eigenvalue weighted by molar-refractivity contribution is 8.15. The number of amides is 2. The van der Waals surface area contributed by atoms with Gasteiger partial charge in [0.25, 0.3) is 5.91 Å². The molecule has 17 heteroatoms. The lowest BCUT2D eigenvalue weighted by Gasteiger charge is -2.25. The van der Waals surface area contributed by atoms with Crippen molar-refractivity contribution in [3.63, 3.8) is 0 Å². The van der Waals surface area contributed by atoms with Crippen LogP contribution < -0.4 is 10.6 Å². The second kappa shape index (κ2) is 26.6. The second-order valence-corrected chi connectivity index (χ2v) is 14.0. The number of hydrogen-bond acceptors (Lipinski definition) is 8. The Kier molecular flexibility index (Phi) is 23.6. The monoisotopic (exact) mass is 787 g/mol. The van der Waals surface area contributed by atoms with Crippen LogP contribution in [-0.4, -0.2) is 100 Å². The largest absolute Gasteiger partial charge is 0.490 e. The summed E-state index contributed by atoms with van der Waals surface area (Å²) < 4.78 is 36.4. The molecule has 2 unspecified atom stereocenters. The predicted octanol–water partition coefficient (Wildman–Crippen LogP) is 6.78. The number of benzene rings is 1. The molecule has 0 radical (unpaired) electrons. The zero-order valence-electron chi connectivity index (χ0n) is 31.5. The summed E-state index contributed by atoms with van der Waals surface area (Å²) in [6, 6.07) is 6.40. The first kappa shape index (κ1) is 47.9. The minimum absolute atomic E-state index is 0.0452. The van der Waals surface area contributed by atoms with Gasteiger partial charge in [-0.25, -0.2) is 4.79 Å². The van der Waals surface area contributed by atoms with E-state index in [9.17, 15) is 32.3 Å². The van der Waals surface area contributed by atoms with Crippen LogP contribution >= 0.6 is 11.8 Å². The van der Waals surface area contributed by atoms with Gasteiger partial charge >= 0.3 is 24.1 Å². The molecule has 1 saturated heterocycles. The van der Waals surface area contributed by atoms with Gasteiger partial charge in [-0.05, 0) is 31.9 Å². The number of rotatable bonds is 23. The molecule has 0 aliphatic carbocycles. The van der Waals surface area contributed by atoms with Gasteiger partial charge in [0.2, 0.25) is 5.91 Å². The van der Waals surface area contributed by atoms with Crippen molar-refractivity contribution in [2.75, 3.05) is 26.7 Å². The van der Waals surface area contributed by atoms with Crippen LogP contribution in [0.25, 0.3) is 0 Å². The van der Waals surface area contributed by atoms with Crippen LogP contribution in [0.3, 0.4) is 0 Å². The van der Waals surface area contributed by atoms with E-state index in [1.54, 1.807) is 24.3 Å². The van der Waals surface area contributed by atoms with Crippen molar-refractivity contribution in [3.8, 4) is 0 Å². The van der Waals surface area contributed by atoms with Gasteiger partial charge in [-0.1, -0.05) is 101 Å². The minimum atomic E-state index is -5.08. The molecule has 0 aromatic heterocycles. The Hall–Kier alpha value is -4.15. The summed E-state index contributed by atoms with van der Waals surface area (Å²) in [6.45, 7) is 5.35. The molecule has 2 atom stereocenters. The molecule has 2 amide bonds. The normalized spacial score (nSPS) is 16.0. The molecular formula is C37H56F3N5O8S. The Morgan fingerprint density at radius 3 is 1.85 bits per heavy atom. The van der Waals surface area contributed by atoms with Crippen molar-refractivity contribution in [2.24, 2.45) is 4.99 Å². The number of carbonyl (C=O) groups excluding carboxylic acids is 3.